The zero-order chi connectivity index (χ0) is 13.1. The van der Waals surface area contributed by atoms with Gasteiger partial charge in [0.05, 0.1) is 10.8 Å². The van der Waals surface area contributed by atoms with Crippen LogP contribution >= 0.6 is 0 Å². The molecule has 0 aromatic carbocycles. The van der Waals surface area contributed by atoms with Crippen molar-refractivity contribution in [2.75, 3.05) is 0 Å². The summed E-state index contributed by atoms with van der Waals surface area (Å²) in [6, 6.07) is -0.700. The van der Waals surface area contributed by atoms with Gasteiger partial charge in [-0.05, 0) is 26.7 Å². The van der Waals surface area contributed by atoms with Gasteiger partial charge in [0.1, 0.15) is 0 Å². The lowest BCUT2D eigenvalue weighted by atomic mass is 10.1. The van der Waals surface area contributed by atoms with E-state index in [4.69, 9.17) is 10.9 Å². The Morgan fingerprint density at radius 1 is 1.38 bits per heavy atom. The summed E-state index contributed by atoms with van der Waals surface area (Å²) in [7, 11) is -3.52. The van der Waals surface area contributed by atoms with E-state index in [0.717, 1.165) is 0 Å². The maximum Gasteiger partial charge on any atom is 0.217 e. The molecule has 7 heteroatoms. The molecule has 0 rings (SSSR count). The fourth-order valence-electron chi connectivity index (χ4n) is 0.944. The lowest BCUT2D eigenvalue weighted by Gasteiger charge is -2.26. The molecule has 0 aromatic rings. The molecule has 0 aromatic heterocycles. The van der Waals surface area contributed by atoms with Crippen LogP contribution in [0.2, 0.25) is 0 Å². The zero-order valence-corrected chi connectivity index (χ0v) is 11.2. The van der Waals surface area contributed by atoms with Crippen LogP contribution in [-0.4, -0.2) is 30.2 Å². The normalized spacial score (nSPS) is 16.5. The summed E-state index contributed by atoms with van der Waals surface area (Å²) in [4.78, 5) is 0. The summed E-state index contributed by atoms with van der Waals surface area (Å²) in [6.07, 6.45) is 0. The third-order valence-corrected chi connectivity index (χ3v) is 4.37. The van der Waals surface area contributed by atoms with E-state index in [1.165, 1.54) is 0 Å². The van der Waals surface area contributed by atoms with Crippen LogP contribution in [0.25, 0.3) is 0 Å². The van der Waals surface area contributed by atoms with Crippen LogP contribution in [0, 0.1) is 5.92 Å². The highest BCUT2D eigenvalue weighted by Gasteiger charge is 2.33. The topological polar surface area (TPSA) is 105 Å². The van der Waals surface area contributed by atoms with Gasteiger partial charge < -0.3 is 10.9 Å². The van der Waals surface area contributed by atoms with Crippen molar-refractivity contribution >= 4 is 15.9 Å². The van der Waals surface area contributed by atoms with Crippen LogP contribution in [0.1, 0.15) is 34.6 Å². The van der Waals surface area contributed by atoms with Gasteiger partial charge >= 0.3 is 0 Å². The Bertz CT molecular complexity index is 355. The third kappa shape index (κ3) is 3.64. The number of nitrogens with two attached hydrogens (primary N) is 1. The Morgan fingerprint density at radius 2 is 1.81 bits per heavy atom. The Morgan fingerprint density at radius 3 is 2.06 bits per heavy atom. The van der Waals surface area contributed by atoms with Crippen LogP contribution < -0.4 is 10.5 Å². The molecule has 0 amide bonds. The summed E-state index contributed by atoms with van der Waals surface area (Å²) in [5.74, 6) is -0.240. The minimum absolute atomic E-state index is 0.104. The molecule has 6 nitrogen and oxygen atoms in total. The number of nitrogens with one attached hydrogen (secondary N) is 1. The van der Waals surface area contributed by atoms with Gasteiger partial charge in [0.25, 0.3) is 0 Å². The van der Waals surface area contributed by atoms with E-state index in [1.54, 1.807) is 34.6 Å². The summed E-state index contributed by atoms with van der Waals surface area (Å²) in [5, 5.41) is 11.4. The van der Waals surface area contributed by atoms with E-state index >= 15 is 0 Å². The largest absolute Gasteiger partial charge is 0.409 e. The van der Waals surface area contributed by atoms with Crippen LogP contribution in [0.15, 0.2) is 5.16 Å². The average Bonchev–Trinajstić information content (AvgIpc) is 2.10. The molecule has 0 saturated heterocycles. The molecule has 0 bridgehead atoms. The molecule has 1 atom stereocenters. The molecule has 1 unspecified atom stereocenters. The highest BCUT2D eigenvalue weighted by atomic mass is 32.2. The number of nitrogens with zero attached hydrogens (tertiary/aromatic N) is 1. The van der Waals surface area contributed by atoms with E-state index < -0.39 is 20.8 Å². The molecular formula is C9H21N3O3S. The SMILES string of the molecule is CC(C)C(NS(=O)(=O)C(C)(C)C)C(N)=NO. The Hall–Kier alpha value is -0.820. The van der Waals surface area contributed by atoms with Gasteiger partial charge in [-0.25, -0.2) is 13.1 Å². The van der Waals surface area contributed by atoms with Gasteiger partial charge in [-0.15, -0.1) is 0 Å². The van der Waals surface area contributed by atoms with Crippen molar-refractivity contribution in [2.45, 2.75) is 45.4 Å². The lowest BCUT2D eigenvalue weighted by Crippen LogP contribution is -2.52. The first kappa shape index (κ1) is 15.2. The number of oxime groups is 1. The van der Waals surface area contributed by atoms with Gasteiger partial charge in [-0.2, -0.15) is 0 Å². The van der Waals surface area contributed by atoms with Gasteiger partial charge in [0, 0.05) is 0 Å². The summed E-state index contributed by atoms with van der Waals surface area (Å²) in [5.41, 5.74) is 5.44. The Labute approximate surface area is 97.0 Å². The van der Waals surface area contributed by atoms with Gasteiger partial charge in [0.15, 0.2) is 5.84 Å². The van der Waals surface area contributed by atoms with Gasteiger partial charge in [-0.1, -0.05) is 19.0 Å². The fourth-order valence-corrected chi connectivity index (χ4v) is 2.02. The third-order valence-electron chi connectivity index (χ3n) is 2.19. The molecule has 0 saturated carbocycles. The van der Waals surface area contributed by atoms with E-state index in [2.05, 4.69) is 9.88 Å². The highest BCUT2D eigenvalue weighted by Crippen LogP contribution is 2.15. The average molecular weight is 251 g/mol. The van der Waals surface area contributed by atoms with Crippen molar-refractivity contribution in [3.8, 4) is 0 Å². The van der Waals surface area contributed by atoms with Crippen molar-refractivity contribution in [2.24, 2.45) is 16.8 Å². The number of amidine groups is 1. The fraction of sp³-hybridized carbons (Fsp3) is 0.889. The molecule has 0 aliphatic heterocycles. The van der Waals surface area contributed by atoms with Crippen molar-refractivity contribution in [1.29, 1.82) is 0 Å². The first-order valence-electron chi connectivity index (χ1n) is 5.02. The van der Waals surface area contributed by atoms with E-state index in [9.17, 15) is 8.42 Å². The molecule has 0 radical (unpaired) electrons. The second-order valence-corrected chi connectivity index (χ2v) is 7.45. The summed E-state index contributed by atoms with van der Waals surface area (Å²) < 4.78 is 25.3. The Balaban J connectivity index is 5.08. The number of sulfonamides is 1. The van der Waals surface area contributed by atoms with Crippen LogP contribution in [-0.2, 0) is 10.0 Å². The van der Waals surface area contributed by atoms with Crippen LogP contribution in [0.4, 0.5) is 0 Å². The first-order chi connectivity index (χ1) is 7.03. The van der Waals surface area contributed by atoms with Crippen molar-refractivity contribution in [3.63, 3.8) is 0 Å². The molecule has 0 aliphatic carbocycles. The monoisotopic (exact) mass is 251 g/mol. The van der Waals surface area contributed by atoms with E-state index in [1.807, 2.05) is 0 Å². The molecular weight excluding hydrogens is 230 g/mol. The maximum atomic E-state index is 11.9. The molecule has 0 heterocycles. The second kappa shape index (κ2) is 5.01. The van der Waals surface area contributed by atoms with Crippen molar-refractivity contribution < 1.29 is 13.6 Å². The molecule has 0 spiro atoms. The molecule has 0 aliphatic rings. The summed E-state index contributed by atoms with van der Waals surface area (Å²) in [6.45, 7) is 8.32. The first-order valence-corrected chi connectivity index (χ1v) is 6.50. The molecule has 0 fully saturated rings. The molecule has 16 heavy (non-hydrogen) atoms. The summed E-state index contributed by atoms with van der Waals surface area (Å²) >= 11 is 0. The van der Waals surface area contributed by atoms with Crippen molar-refractivity contribution in [1.82, 2.24) is 4.72 Å². The Kier molecular flexibility index (Phi) is 4.75. The van der Waals surface area contributed by atoms with E-state index in [0.29, 0.717) is 0 Å². The van der Waals surface area contributed by atoms with Crippen molar-refractivity contribution in [3.05, 3.63) is 0 Å². The predicted molar refractivity (Wildman–Crippen MR) is 63.8 cm³/mol. The minimum atomic E-state index is -3.52. The quantitative estimate of drug-likeness (QED) is 0.292. The number of hydrogen-bond donors (Lipinski definition) is 3. The lowest BCUT2D eigenvalue weighted by molar-refractivity contribution is 0.313. The zero-order valence-electron chi connectivity index (χ0n) is 10.4. The number of rotatable bonds is 4. The number of hydrogen-bond acceptors (Lipinski definition) is 4. The van der Waals surface area contributed by atoms with Gasteiger partial charge in [-0.3, -0.25) is 0 Å². The minimum Gasteiger partial charge on any atom is -0.409 e. The van der Waals surface area contributed by atoms with Crippen LogP contribution in [0.3, 0.4) is 0 Å². The standard InChI is InChI=1S/C9H21N3O3S/c1-6(2)7(8(10)11-13)12-16(14,15)9(3,4)5/h6-7,12-13H,1-5H3,(H2,10,11). The second-order valence-electron chi connectivity index (χ2n) is 4.98. The maximum absolute atomic E-state index is 11.9. The van der Waals surface area contributed by atoms with E-state index in [-0.39, 0.29) is 11.8 Å². The molecule has 4 N–H and O–H groups in total. The van der Waals surface area contributed by atoms with Gasteiger partial charge in [0.2, 0.25) is 10.0 Å². The van der Waals surface area contributed by atoms with Crippen LogP contribution in [0.5, 0.6) is 0 Å². The smallest absolute Gasteiger partial charge is 0.217 e. The predicted octanol–water partition coefficient (Wildman–Crippen LogP) is 0.475. The molecule has 96 valence electrons. The highest BCUT2D eigenvalue weighted by molar-refractivity contribution is 7.90.